The van der Waals surface area contributed by atoms with Gasteiger partial charge in [-0.3, -0.25) is 9.89 Å². The number of benzene rings is 2. The van der Waals surface area contributed by atoms with E-state index in [0.717, 1.165) is 44.2 Å². The van der Waals surface area contributed by atoms with Crippen molar-refractivity contribution >= 4 is 12.1 Å². The second kappa shape index (κ2) is 10.8. The number of hydrogen-bond donors (Lipinski definition) is 1. The number of piperidine rings is 1. The Kier molecular flexibility index (Phi) is 7.85. The van der Waals surface area contributed by atoms with Crippen molar-refractivity contribution < 1.29 is 14.3 Å². The first kappa shape index (κ1) is 21.8. The van der Waals surface area contributed by atoms with Crippen LogP contribution in [-0.4, -0.2) is 50.9 Å². The number of hydrogen-bond acceptors (Lipinski definition) is 5. The van der Waals surface area contributed by atoms with E-state index in [2.05, 4.69) is 17.0 Å². The quantitative estimate of drug-likeness (QED) is 0.391. The van der Waals surface area contributed by atoms with Crippen LogP contribution in [0.5, 0.6) is 11.5 Å². The standard InChI is InChI=1S/C24H31N3O3/c1-29-21-10-6-9-20(23(21)30-2)22(27-15-12-19(17-28)13-16-27)24(25)26-14-11-18-7-4-3-5-8-18/h3-10,17,19,22H,11-16H2,1-2H3,(H2,25,26). The van der Waals surface area contributed by atoms with Crippen LogP contribution in [0.2, 0.25) is 0 Å². The molecule has 1 aliphatic rings. The van der Waals surface area contributed by atoms with E-state index in [9.17, 15) is 4.79 Å². The average molecular weight is 410 g/mol. The van der Waals surface area contributed by atoms with Gasteiger partial charge in [-0.15, -0.1) is 0 Å². The van der Waals surface area contributed by atoms with Gasteiger partial charge in [-0.1, -0.05) is 42.5 Å². The highest BCUT2D eigenvalue weighted by Crippen LogP contribution is 2.38. The van der Waals surface area contributed by atoms with Crippen molar-refractivity contribution in [2.75, 3.05) is 33.9 Å². The molecule has 6 nitrogen and oxygen atoms in total. The molecule has 1 saturated heterocycles. The maximum absolute atomic E-state index is 11.2. The summed E-state index contributed by atoms with van der Waals surface area (Å²) in [6.07, 6.45) is 3.54. The summed E-state index contributed by atoms with van der Waals surface area (Å²) in [7, 11) is 3.27. The van der Waals surface area contributed by atoms with Crippen LogP contribution in [0.25, 0.3) is 0 Å². The first-order valence-electron chi connectivity index (χ1n) is 10.4. The lowest BCUT2D eigenvalue weighted by Gasteiger charge is -2.36. The number of aldehydes is 1. The van der Waals surface area contributed by atoms with E-state index in [1.807, 2.05) is 36.4 Å². The van der Waals surface area contributed by atoms with Gasteiger partial charge in [-0.05, 0) is 44.0 Å². The Labute approximate surface area is 178 Å². The van der Waals surface area contributed by atoms with Gasteiger partial charge in [0.25, 0.3) is 0 Å². The number of likely N-dealkylation sites (tertiary alicyclic amines) is 1. The topological polar surface area (TPSA) is 77.2 Å². The maximum Gasteiger partial charge on any atom is 0.165 e. The van der Waals surface area contributed by atoms with Crippen molar-refractivity contribution in [2.45, 2.75) is 25.3 Å². The SMILES string of the molecule is COc1cccc(C(C(N)=NCCc2ccccc2)N2CCC(C=O)CC2)c1OC. The molecular formula is C24H31N3O3. The van der Waals surface area contributed by atoms with Crippen LogP contribution in [0, 0.1) is 5.92 Å². The molecule has 0 aliphatic carbocycles. The first-order valence-corrected chi connectivity index (χ1v) is 10.4. The number of nitrogens with two attached hydrogens (primary N) is 1. The third-order valence-corrected chi connectivity index (χ3v) is 5.68. The van der Waals surface area contributed by atoms with Crippen molar-refractivity contribution in [2.24, 2.45) is 16.6 Å². The van der Waals surface area contributed by atoms with Crippen molar-refractivity contribution in [3.05, 3.63) is 59.7 Å². The van der Waals surface area contributed by atoms with Gasteiger partial charge >= 0.3 is 0 Å². The van der Waals surface area contributed by atoms with E-state index in [1.54, 1.807) is 14.2 Å². The molecular weight excluding hydrogens is 378 g/mol. The van der Waals surface area contributed by atoms with Crippen molar-refractivity contribution in [3.8, 4) is 11.5 Å². The summed E-state index contributed by atoms with van der Waals surface area (Å²) >= 11 is 0. The third-order valence-electron chi connectivity index (χ3n) is 5.68. The summed E-state index contributed by atoms with van der Waals surface area (Å²) in [5.41, 5.74) is 8.74. The summed E-state index contributed by atoms with van der Waals surface area (Å²) < 4.78 is 11.2. The van der Waals surface area contributed by atoms with Gasteiger partial charge < -0.3 is 20.0 Å². The number of amidine groups is 1. The summed E-state index contributed by atoms with van der Waals surface area (Å²) in [6, 6.07) is 15.9. The molecule has 6 heteroatoms. The highest BCUT2D eigenvalue weighted by atomic mass is 16.5. The Morgan fingerprint density at radius 3 is 2.50 bits per heavy atom. The number of aliphatic imine (C=N–C) groups is 1. The Morgan fingerprint density at radius 2 is 1.87 bits per heavy atom. The summed E-state index contributed by atoms with van der Waals surface area (Å²) in [4.78, 5) is 18.2. The van der Waals surface area contributed by atoms with Crippen molar-refractivity contribution in [1.82, 2.24) is 4.90 Å². The van der Waals surface area contributed by atoms with Gasteiger partial charge in [0.1, 0.15) is 12.1 Å². The molecule has 2 N–H and O–H groups in total. The molecule has 0 saturated carbocycles. The van der Waals surface area contributed by atoms with E-state index in [4.69, 9.17) is 20.2 Å². The predicted molar refractivity (Wildman–Crippen MR) is 119 cm³/mol. The highest BCUT2D eigenvalue weighted by Gasteiger charge is 2.31. The molecule has 1 atom stereocenters. The Hall–Kier alpha value is -2.86. The lowest BCUT2D eigenvalue weighted by atomic mass is 9.94. The number of nitrogens with zero attached hydrogens (tertiary/aromatic N) is 2. The third kappa shape index (κ3) is 5.19. The fourth-order valence-electron chi connectivity index (χ4n) is 4.03. The number of carbonyl (C=O) groups is 1. The molecule has 0 spiro atoms. The van der Waals surface area contributed by atoms with Crippen LogP contribution in [0.1, 0.15) is 30.0 Å². The molecule has 2 aromatic rings. The average Bonchev–Trinajstić information content (AvgIpc) is 2.80. The van der Waals surface area contributed by atoms with E-state index in [-0.39, 0.29) is 12.0 Å². The van der Waals surface area contributed by atoms with Crippen LogP contribution in [-0.2, 0) is 11.2 Å². The largest absolute Gasteiger partial charge is 0.493 e. The smallest absolute Gasteiger partial charge is 0.165 e. The second-order valence-corrected chi connectivity index (χ2v) is 7.54. The highest BCUT2D eigenvalue weighted by molar-refractivity contribution is 5.88. The summed E-state index contributed by atoms with van der Waals surface area (Å²) in [5, 5.41) is 0. The zero-order valence-electron chi connectivity index (χ0n) is 17.8. The Morgan fingerprint density at radius 1 is 1.13 bits per heavy atom. The van der Waals surface area contributed by atoms with Gasteiger partial charge in [-0.25, -0.2) is 0 Å². The molecule has 1 aliphatic heterocycles. The number of carbonyl (C=O) groups excluding carboxylic acids is 1. The van der Waals surface area contributed by atoms with Gasteiger partial charge in [0.15, 0.2) is 11.5 Å². The maximum atomic E-state index is 11.2. The zero-order valence-corrected chi connectivity index (χ0v) is 17.8. The van der Waals surface area contributed by atoms with Gasteiger partial charge in [0.2, 0.25) is 0 Å². The van der Waals surface area contributed by atoms with Crippen molar-refractivity contribution in [3.63, 3.8) is 0 Å². The normalized spacial score (nSPS) is 16.8. The van der Waals surface area contributed by atoms with Crippen LogP contribution in [0.15, 0.2) is 53.5 Å². The number of ether oxygens (including phenoxy) is 2. The monoisotopic (exact) mass is 409 g/mol. The van der Waals surface area contributed by atoms with E-state index < -0.39 is 0 Å². The molecule has 0 radical (unpaired) electrons. The molecule has 0 aromatic heterocycles. The van der Waals surface area contributed by atoms with Crippen LogP contribution < -0.4 is 15.2 Å². The number of rotatable bonds is 9. The fraction of sp³-hybridized carbons (Fsp3) is 0.417. The van der Waals surface area contributed by atoms with Gasteiger partial charge in [0.05, 0.1) is 20.3 Å². The Bertz CT molecular complexity index is 846. The van der Waals surface area contributed by atoms with Crippen LogP contribution in [0.3, 0.4) is 0 Å². The second-order valence-electron chi connectivity index (χ2n) is 7.54. The molecule has 2 aromatic carbocycles. The molecule has 30 heavy (non-hydrogen) atoms. The molecule has 160 valence electrons. The number of para-hydroxylation sites is 1. The minimum Gasteiger partial charge on any atom is -0.493 e. The minimum atomic E-state index is -0.224. The van der Waals surface area contributed by atoms with E-state index >= 15 is 0 Å². The van der Waals surface area contributed by atoms with Crippen LogP contribution >= 0.6 is 0 Å². The predicted octanol–water partition coefficient (Wildman–Crippen LogP) is 3.26. The van der Waals surface area contributed by atoms with Crippen LogP contribution in [0.4, 0.5) is 0 Å². The molecule has 0 bridgehead atoms. The van der Waals surface area contributed by atoms with Gasteiger partial charge in [-0.2, -0.15) is 0 Å². The molecule has 1 fully saturated rings. The summed E-state index contributed by atoms with van der Waals surface area (Å²) in [5.74, 6) is 2.01. The fourth-order valence-corrected chi connectivity index (χ4v) is 4.03. The lowest BCUT2D eigenvalue weighted by molar-refractivity contribution is -0.112. The summed E-state index contributed by atoms with van der Waals surface area (Å²) in [6.45, 7) is 2.18. The lowest BCUT2D eigenvalue weighted by Crippen LogP contribution is -2.43. The first-order chi connectivity index (χ1) is 14.7. The Balaban J connectivity index is 1.88. The molecule has 1 heterocycles. The number of methoxy groups -OCH3 is 2. The molecule has 0 amide bonds. The van der Waals surface area contributed by atoms with Crippen molar-refractivity contribution in [1.29, 1.82) is 0 Å². The van der Waals surface area contributed by atoms with Gasteiger partial charge in [0, 0.05) is 18.0 Å². The molecule has 3 rings (SSSR count). The minimum absolute atomic E-state index is 0.116. The van der Waals surface area contributed by atoms with E-state index in [1.165, 1.54) is 5.56 Å². The zero-order chi connectivity index (χ0) is 21.3. The molecule has 1 unspecified atom stereocenters. The van der Waals surface area contributed by atoms with E-state index in [0.29, 0.717) is 23.9 Å².